The van der Waals surface area contributed by atoms with Gasteiger partial charge >= 0.3 is 5.69 Å². The van der Waals surface area contributed by atoms with Gasteiger partial charge in [0.2, 0.25) is 5.95 Å². The second-order valence-corrected chi connectivity index (χ2v) is 7.60. The molecule has 1 N–H and O–H groups in total. The van der Waals surface area contributed by atoms with E-state index in [9.17, 15) is 9.59 Å². The number of hydrazone groups is 1. The molecule has 0 saturated carbocycles. The second kappa shape index (κ2) is 9.65. The Kier molecular flexibility index (Phi) is 6.48. The van der Waals surface area contributed by atoms with Gasteiger partial charge in [-0.1, -0.05) is 30.3 Å². The normalized spacial score (nSPS) is 11.3. The van der Waals surface area contributed by atoms with Gasteiger partial charge < -0.3 is 14.0 Å². The zero-order valence-electron chi connectivity index (χ0n) is 19.5. The van der Waals surface area contributed by atoms with Crippen LogP contribution in [0.2, 0.25) is 0 Å². The first kappa shape index (κ1) is 22.8. The lowest BCUT2D eigenvalue weighted by Gasteiger charge is -2.09. The van der Waals surface area contributed by atoms with E-state index in [1.165, 1.54) is 9.13 Å². The molecule has 0 saturated heterocycles. The van der Waals surface area contributed by atoms with Crippen LogP contribution in [0.25, 0.3) is 11.2 Å². The van der Waals surface area contributed by atoms with E-state index in [0.29, 0.717) is 29.6 Å². The molecule has 34 heavy (non-hydrogen) atoms. The number of methoxy groups -OCH3 is 1. The Morgan fingerprint density at radius 3 is 2.53 bits per heavy atom. The molecule has 0 aliphatic rings. The Morgan fingerprint density at radius 2 is 1.82 bits per heavy atom. The van der Waals surface area contributed by atoms with E-state index in [2.05, 4.69) is 15.5 Å². The summed E-state index contributed by atoms with van der Waals surface area (Å²) in [6.45, 7) is 2.61. The maximum atomic E-state index is 13.2. The standard InChI is InChI=1S/C24H26N6O4/c1-5-34-18-12-11-17(13-19(18)33-4)14-25-27-23-26-21-20(28(23)2)22(31)30(24(32)29(21)3)15-16-9-7-6-8-10-16/h6-14H,5,15H2,1-4H3,(H,26,27)/b25-14+. The molecule has 4 aromatic rings. The van der Waals surface area contributed by atoms with Crippen LogP contribution in [-0.2, 0) is 20.6 Å². The molecule has 0 aliphatic carbocycles. The van der Waals surface area contributed by atoms with E-state index in [4.69, 9.17) is 9.47 Å². The molecule has 0 unspecified atom stereocenters. The first-order valence-corrected chi connectivity index (χ1v) is 10.7. The average Bonchev–Trinajstić information content (AvgIpc) is 3.18. The van der Waals surface area contributed by atoms with Gasteiger partial charge in [0.25, 0.3) is 5.56 Å². The van der Waals surface area contributed by atoms with Gasteiger partial charge in [0, 0.05) is 14.1 Å². The maximum absolute atomic E-state index is 13.2. The Bertz CT molecular complexity index is 1470. The third-order valence-corrected chi connectivity index (χ3v) is 5.41. The van der Waals surface area contributed by atoms with Gasteiger partial charge in [0.05, 0.1) is 26.5 Å². The zero-order valence-corrected chi connectivity index (χ0v) is 19.5. The van der Waals surface area contributed by atoms with Crippen LogP contribution in [-0.4, -0.2) is 38.6 Å². The topological polar surface area (TPSA) is 105 Å². The molecule has 2 heterocycles. The fourth-order valence-corrected chi connectivity index (χ4v) is 3.65. The predicted molar refractivity (Wildman–Crippen MR) is 131 cm³/mol. The molecule has 0 amide bonds. The number of benzene rings is 2. The number of anilines is 1. The number of nitrogens with zero attached hydrogens (tertiary/aromatic N) is 5. The highest BCUT2D eigenvalue weighted by molar-refractivity contribution is 5.81. The van der Waals surface area contributed by atoms with Crippen molar-refractivity contribution in [1.29, 1.82) is 0 Å². The number of imidazole rings is 1. The highest BCUT2D eigenvalue weighted by Gasteiger charge is 2.18. The molecule has 0 aliphatic heterocycles. The monoisotopic (exact) mass is 462 g/mol. The molecule has 0 atom stereocenters. The number of ether oxygens (including phenoxy) is 2. The van der Waals surface area contributed by atoms with Gasteiger partial charge in [-0.15, -0.1) is 0 Å². The Labute approximate surface area is 195 Å². The lowest BCUT2D eigenvalue weighted by Crippen LogP contribution is -2.39. The summed E-state index contributed by atoms with van der Waals surface area (Å²) in [6.07, 6.45) is 1.60. The maximum Gasteiger partial charge on any atom is 0.332 e. The van der Waals surface area contributed by atoms with Crippen molar-refractivity contribution < 1.29 is 9.47 Å². The lowest BCUT2D eigenvalue weighted by molar-refractivity contribution is 0.311. The van der Waals surface area contributed by atoms with Gasteiger partial charge in [-0.25, -0.2) is 10.2 Å². The van der Waals surface area contributed by atoms with Crippen LogP contribution in [0.3, 0.4) is 0 Å². The van der Waals surface area contributed by atoms with E-state index in [1.54, 1.807) is 38.1 Å². The van der Waals surface area contributed by atoms with Crippen molar-refractivity contribution in [2.24, 2.45) is 19.2 Å². The van der Waals surface area contributed by atoms with E-state index in [0.717, 1.165) is 11.1 Å². The highest BCUT2D eigenvalue weighted by Crippen LogP contribution is 2.27. The summed E-state index contributed by atoms with van der Waals surface area (Å²) in [6, 6.07) is 14.8. The molecule has 0 fully saturated rings. The first-order chi connectivity index (χ1) is 16.4. The summed E-state index contributed by atoms with van der Waals surface area (Å²) < 4.78 is 15.1. The van der Waals surface area contributed by atoms with Gasteiger partial charge in [0.1, 0.15) is 0 Å². The van der Waals surface area contributed by atoms with Crippen molar-refractivity contribution in [2.75, 3.05) is 19.1 Å². The summed E-state index contributed by atoms with van der Waals surface area (Å²) >= 11 is 0. The molecule has 0 radical (unpaired) electrons. The number of fused-ring (bicyclic) bond motifs is 1. The third kappa shape index (κ3) is 4.29. The van der Waals surface area contributed by atoms with Crippen LogP contribution >= 0.6 is 0 Å². The van der Waals surface area contributed by atoms with Crippen molar-refractivity contribution >= 4 is 23.3 Å². The fraction of sp³-hybridized carbons (Fsp3) is 0.250. The van der Waals surface area contributed by atoms with Crippen LogP contribution in [0.5, 0.6) is 11.5 Å². The van der Waals surface area contributed by atoms with E-state index in [1.807, 2.05) is 49.4 Å². The predicted octanol–water partition coefficient (Wildman–Crippen LogP) is 2.34. The molecule has 4 rings (SSSR count). The molecular formula is C24H26N6O4. The van der Waals surface area contributed by atoms with Crippen LogP contribution in [0.1, 0.15) is 18.1 Å². The van der Waals surface area contributed by atoms with E-state index in [-0.39, 0.29) is 12.2 Å². The third-order valence-electron chi connectivity index (χ3n) is 5.41. The second-order valence-electron chi connectivity index (χ2n) is 7.60. The van der Waals surface area contributed by atoms with E-state index < -0.39 is 11.2 Å². The van der Waals surface area contributed by atoms with Crippen molar-refractivity contribution in [3.05, 3.63) is 80.5 Å². The lowest BCUT2D eigenvalue weighted by atomic mass is 10.2. The Balaban J connectivity index is 1.65. The molecule has 0 spiro atoms. The molecule has 176 valence electrons. The molecular weight excluding hydrogens is 436 g/mol. The van der Waals surface area contributed by atoms with Crippen LogP contribution in [0, 0.1) is 0 Å². The molecule has 2 aromatic carbocycles. The van der Waals surface area contributed by atoms with Gasteiger partial charge in [-0.05, 0) is 36.2 Å². The number of aromatic nitrogens is 4. The Morgan fingerprint density at radius 1 is 1.06 bits per heavy atom. The summed E-state index contributed by atoms with van der Waals surface area (Å²) in [5.74, 6) is 1.58. The molecule has 0 bridgehead atoms. The minimum absolute atomic E-state index is 0.175. The fourth-order valence-electron chi connectivity index (χ4n) is 3.65. The SMILES string of the molecule is CCOc1ccc(/C=N/Nc2nc3c(c(=O)n(Cc4ccccc4)c(=O)n3C)n2C)cc1OC. The minimum Gasteiger partial charge on any atom is -0.493 e. The minimum atomic E-state index is -0.434. The van der Waals surface area contributed by atoms with Gasteiger partial charge in [-0.3, -0.25) is 13.9 Å². The van der Waals surface area contributed by atoms with Crippen molar-refractivity contribution in [1.82, 2.24) is 18.7 Å². The summed E-state index contributed by atoms with van der Waals surface area (Å²) in [5.41, 5.74) is 4.23. The number of hydrogen-bond donors (Lipinski definition) is 1. The highest BCUT2D eigenvalue weighted by atomic mass is 16.5. The number of aryl methyl sites for hydroxylation is 2. The van der Waals surface area contributed by atoms with Crippen LogP contribution < -0.4 is 26.1 Å². The summed E-state index contributed by atoms with van der Waals surface area (Å²) in [7, 11) is 4.87. The Hall–Kier alpha value is -4.34. The van der Waals surface area contributed by atoms with Crippen molar-refractivity contribution in [3.63, 3.8) is 0 Å². The van der Waals surface area contributed by atoms with E-state index >= 15 is 0 Å². The molecule has 10 nitrogen and oxygen atoms in total. The molecule has 2 aromatic heterocycles. The quantitative estimate of drug-likeness (QED) is 0.318. The smallest absolute Gasteiger partial charge is 0.332 e. The number of nitrogens with one attached hydrogen (secondary N) is 1. The largest absolute Gasteiger partial charge is 0.493 e. The summed E-state index contributed by atoms with van der Waals surface area (Å²) in [4.78, 5) is 30.5. The van der Waals surface area contributed by atoms with Crippen LogP contribution in [0.15, 0.2) is 63.2 Å². The molecule has 10 heteroatoms. The van der Waals surface area contributed by atoms with Gasteiger partial charge in [-0.2, -0.15) is 10.1 Å². The summed E-state index contributed by atoms with van der Waals surface area (Å²) in [5, 5.41) is 4.24. The van der Waals surface area contributed by atoms with Crippen molar-refractivity contribution in [2.45, 2.75) is 13.5 Å². The van der Waals surface area contributed by atoms with Gasteiger partial charge in [0.15, 0.2) is 22.7 Å². The number of hydrogen-bond acceptors (Lipinski definition) is 7. The van der Waals surface area contributed by atoms with Crippen LogP contribution in [0.4, 0.5) is 5.95 Å². The number of rotatable bonds is 8. The van der Waals surface area contributed by atoms with Crippen molar-refractivity contribution in [3.8, 4) is 11.5 Å². The first-order valence-electron chi connectivity index (χ1n) is 10.7. The average molecular weight is 463 g/mol. The zero-order chi connectivity index (χ0) is 24.2.